The van der Waals surface area contributed by atoms with E-state index in [-0.39, 0.29) is 0 Å². The number of aryl methyl sites for hydroxylation is 1. The van der Waals surface area contributed by atoms with Crippen molar-refractivity contribution >= 4 is 0 Å². The van der Waals surface area contributed by atoms with Crippen LogP contribution in [0.1, 0.15) is 39.0 Å². The van der Waals surface area contributed by atoms with Crippen molar-refractivity contribution in [2.75, 3.05) is 13.1 Å². The number of nitrogens with zero attached hydrogens (tertiary/aromatic N) is 4. The lowest BCUT2D eigenvalue weighted by atomic mass is 9.97. The van der Waals surface area contributed by atoms with E-state index in [1.807, 2.05) is 10.9 Å². The number of hydrogen-bond acceptors (Lipinski definition) is 4. The van der Waals surface area contributed by atoms with Crippen LogP contribution in [-0.4, -0.2) is 51.1 Å². The molecule has 5 heteroatoms. The quantitative estimate of drug-likeness (QED) is 0.839. The fraction of sp³-hybridized carbons (Fsp3) is 0.857. The van der Waals surface area contributed by atoms with E-state index >= 15 is 0 Å². The van der Waals surface area contributed by atoms with E-state index in [9.17, 15) is 0 Å². The lowest BCUT2D eigenvalue weighted by molar-refractivity contribution is 0.114. The number of hydrogen-bond donors (Lipinski definition) is 1. The van der Waals surface area contributed by atoms with Crippen LogP contribution in [0.5, 0.6) is 0 Å². The van der Waals surface area contributed by atoms with Gasteiger partial charge in [-0.1, -0.05) is 12.1 Å². The average Bonchev–Trinajstić information content (AvgIpc) is 2.98. The van der Waals surface area contributed by atoms with Crippen molar-refractivity contribution in [3.8, 4) is 0 Å². The molecule has 2 aliphatic heterocycles. The minimum Gasteiger partial charge on any atom is -0.314 e. The zero-order valence-corrected chi connectivity index (χ0v) is 11.8. The molecule has 2 saturated heterocycles. The highest BCUT2D eigenvalue weighted by Gasteiger charge is 2.39. The summed E-state index contributed by atoms with van der Waals surface area (Å²) >= 11 is 0. The fourth-order valence-electron chi connectivity index (χ4n) is 3.86. The van der Waals surface area contributed by atoms with Crippen LogP contribution in [0.4, 0.5) is 0 Å². The highest BCUT2D eigenvalue weighted by atomic mass is 15.4. The maximum Gasteiger partial charge on any atom is 0.0692 e. The Morgan fingerprint density at radius 3 is 2.63 bits per heavy atom. The van der Waals surface area contributed by atoms with Crippen LogP contribution >= 0.6 is 0 Å². The predicted molar refractivity (Wildman–Crippen MR) is 74.9 cm³/mol. The molecule has 1 aromatic heterocycles. The molecule has 0 spiro atoms. The van der Waals surface area contributed by atoms with E-state index in [0.29, 0.717) is 0 Å². The van der Waals surface area contributed by atoms with Crippen molar-refractivity contribution in [1.29, 1.82) is 0 Å². The first-order valence-corrected chi connectivity index (χ1v) is 7.70. The molecule has 2 fully saturated rings. The van der Waals surface area contributed by atoms with Crippen molar-refractivity contribution in [3.05, 3.63) is 12.4 Å². The largest absolute Gasteiger partial charge is 0.314 e. The minimum atomic E-state index is 0.758. The van der Waals surface area contributed by atoms with Gasteiger partial charge >= 0.3 is 0 Å². The lowest BCUT2D eigenvalue weighted by Gasteiger charge is -2.39. The van der Waals surface area contributed by atoms with Gasteiger partial charge < -0.3 is 5.32 Å². The van der Waals surface area contributed by atoms with Crippen molar-refractivity contribution in [1.82, 2.24) is 25.2 Å². The molecule has 2 unspecified atom stereocenters. The molecule has 106 valence electrons. The van der Waals surface area contributed by atoms with Gasteiger partial charge in [0.1, 0.15) is 0 Å². The average molecular weight is 263 g/mol. The first-order valence-electron chi connectivity index (χ1n) is 7.70. The SMILES string of the molecule is CCNC1CC2CCC(C1)N2CCCn1ccnn1. The zero-order chi connectivity index (χ0) is 13.1. The summed E-state index contributed by atoms with van der Waals surface area (Å²) in [6.07, 6.45) is 10.4. The highest BCUT2D eigenvalue weighted by Crippen LogP contribution is 2.35. The predicted octanol–water partition coefficient (Wildman–Crippen LogP) is 1.27. The summed E-state index contributed by atoms with van der Waals surface area (Å²) in [7, 11) is 0. The molecule has 2 bridgehead atoms. The van der Waals surface area contributed by atoms with Gasteiger partial charge in [-0.2, -0.15) is 0 Å². The second-order valence-corrected chi connectivity index (χ2v) is 5.87. The summed E-state index contributed by atoms with van der Waals surface area (Å²) in [5.74, 6) is 0. The molecule has 19 heavy (non-hydrogen) atoms. The maximum absolute atomic E-state index is 4.03. The topological polar surface area (TPSA) is 46.0 Å². The summed E-state index contributed by atoms with van der Waals surface area (Å²) in [5.41, 5.74) is 0. The third kappa shape index (κ3) is 2.98. The number of nitrogens with one attached hydrogen (secondary N) is 1. The number of piperidine rings is 1. The van der Waals surface area contributed by atoms with E-state index in [4.69, 9.17) is 0 Å². The van der Waals surface area contributed by atoms with Crippen LogP contribution in [0, 0.1) is 0 Å². The Labute approximate surface area is 115 Å². The standard InChI is InChI=1S/C14H25N5/c1-2-15-12-10-13-4-5-14(11-12)19(13)8-3-7-18-9-6-16-17-18/h6,9,12-15H,2-5,7-8,10-11H2,1H3. The molecular weight excluding hydrogens is 238 g/mol. The lowest BCUT2D eigenvalue weighted by Crippen LogP contribution is -2.49. The van der Waals surface area contributed by atoms with Crippen LogP contribution in [0.3, 0.4) is 0 Å². The molecule has 2 atom stereocenters. The smallest absolute Gasteiger partial charge is 0.0692 e. The second kappa shape index (κ2) is 6.01. The highest BCUT2D eigenvalue weighted by molar-refractivity contribution is 4.97. The summed E-state index contributed by atoms with van der Waals surface area (Å²) in [4.78, 5) is 2.75. The van der Waals surface area contributed by atoms with E-state index in [1.54, 1.807) is 6.20 Å². The van der Waals surface area contributed by atoms with Gasteiger partial charge in [0.2, 0.25) is 0 Å². The molecule has 5 nitrogen and oxygen atoms in total. The number of rotatable bonds is 6. The number of aromatic nitrogens is 3. The first-order chi connectivity index (χ1) is 9.36. The van der Waals surface area contributed by atoms with Gasteiger partial charge in [0.25, 0.3) is 0 Å². The van der Waals surface area contributed by atoms with Crippen LogP contribution < -0.4 is 5.32 Å². The van der Waals surface area contributed by atoms with E-state index in [1.165, 1.54) is 38.6 Å². The van der Waals surface area contributed by atoms with Gasteiger partial charge in [0.05, 0.1) is 6.20 Å². The van der Waals surface area contributed by atoms with Gasteiger partial charge in [-0.05, 0) is 38.6 Å². The third-order valence-corrected chi connectivity index (χ3v) is 4.65. The molecule has 0 saturated carbocycles. The molecule has 0 radical (unpaired) electrons. The Morgan fingerprint density at radius 1 is 1.21 bits per heavy atom. The fourth-order valence-corrected chi connectivity index (χ4v) is 3.86. The minimum absolute atomic E-state index is 0.758. The van der Waals surface area contributed by atoms with Gasteiger partial charge in [-0.3, -0.25) is 9.58 Å². The Morgan fingerprint density at radius 2 is 2.00 bits per heavy atom. The van der Waals surface area contributed by atoms with Crippen molar-refractivity contribution in [3.63, 3.8) is 0 Å². The van der Waals surface area contributed by atoms with Gasteiger partial charge in [0, 0.05) is 37.4 Å². The van der Waals surface area contributed by atoms with Gasteiger partial charge in [-0.25, -0.2) is 0 Å². The summed E-state index contributed by atoms with van der Waals surface area (Å²) in [5, 5.41) is 11.5. The Balaban J connectivity index is 1.47. The van der Waals surface area contributed by atoms with Crippen LogP contribution in [0.2, 0.25) is 0 Å². The second-order valence-electron chi connectivity index (χ2n) is 5.87. The van der Waals surface area contributed by atoms with Crippen LogP contribution in [0.15, 0.2) is 12.4 Å². The summed E-state index contributed by atoms with van der Waals surface area (Å²) < 4.78 is 1.94. The van der Waals surface area contributed by atoms with Crippen LogP contribution in [-0.2, 0) is 6.54 Å². The molecule has 0 aliphatic carbocycles. The maximum atomic E-state index is 4.03. The Hall–Kier alpha value is -0.940. The summed E-state index contributed by atoms with van der Waals surface area (Å²) in [6.45, 7) is 5.53. The van der Waals surface area contributed by atoms with Crippen molar-refractivity contribution in [2.45, 2.75) is 63.7 Å². The summed E-state index contributed by atoms with van der Waals surface area (Å²) in [6, 6.07) is 2.39. The van der Waals surface area contributed by atoms with E-state index in [0.717, 1.165) is 31.2 Å². The molecular formula is C14H25N5. The van der Waals surface area contributed by atoms with Crippen molar-refractivity contribution < 1.29 is 0 Å². The Kier molecular flexibility index (Phi) is 4.13. The van der Waals surface area contributed by atoms with Crippen LogP contribution in [0.25, 0.3) is 0 Å². The molecule has 3 rings (SSSR count). The molecule has 3 heterocycles. The molecule has 0 amide bonds. The van der Waals surface area contributed by atoms with Gasteiger partial charge in [-0.15, -0.1) is 5.10 Å². The Bertz CT molecular complexity index is 363. The van der Waals surface area contributed by atoms with Crippen molar-refractivity contribution in [2.24, 2.45) is 0 Å². The first kappa shape index (κ1) is 13.1. The molecule has 1 aromatic rings. The normalized spacial score (nSPS) is 30.9. The monoisotopic (exact) mass is 263 g/mol. The van der Waals surface area contributed by atoms with E-state index < -0.39 is 0 Å². The van der Waals surface area contributed by atoms with Gasteiger partial charge in [0.15, 0.2) is 0 Å². The molecule has 0 aromatic carbocycles. The zero-order valence-electron chi connectivity index (χ0n) is 11.8. The number of fused-ring (bicyclic) bond motifs is 2. The molecule has 1 N–H and O–H groups in total. The third-order valence-electron chi connectivity index (χ3n) is 4.65. The van der Waals surface area contributed by atoms with E-state index in [2.05, 4.69) is 27.5 Å². The molecule has 2 aliphatic rings.